The van der Waals surface area contributed by atoms with Gasteiger partial charge in [-0.2, -0.15) is 4.31 Å². The molecule has 0 bridgehead atoms. The minimum Gasteiger partial charge on any atom is -0.497 e. The molecule has 0 radical (unpaired) electrons. The fraction of sp³-hybridized carbons (Fsp3) is 0.130. The van der Waals surface area contributed by atoms with Gasteiger partial charge in [0.25, 0.3) is 10.0 Å². The Labute approximate surface area is 186 Å². The normalized spacial score (nSPS) is 14.6. The molecule has 3 amide bonds. The Morgan fingerprint density at radius 1 is 0.969 bits per heavy atom. The zero-order chi connectivity index (χ0) is 22.7. The average Bonchev–Trinajstić information content (AvgIpc) is 2.81. The molecular formula is C23H21N3O5S. The van der Waals surface area contributed by atoms with E-state index >= 15 is 0 Å². The van der Waals surface area contributed by atoms with E-state index in [9.17, 15) is 18.0 Å². The zero-order valence-corrected chi connectivity index (χ0v) is 18.1. The summed E-state index contributed by atoms with van der Waals surface area (Å²) in [6.45, 7) is -0.0417. The van der Waals surface area contributed by atoms with E-state index < -0.39 is 22.0 Å². The molecule has 0 aliphatic carbocycles. The summed E-state index contributed by atoms with van der Waals surface area (Å²) in [5.74, 6) is -0.0154. The summed E-state index contributed by atoms with van der Waals surface area (Å²) in [5.41, 5.74) is 1.19. The topological polar surface area (TPSA) is 96.0 Å². The van der Waals surface area contributed by atoms with Crippen molar-refractivity contribution < 1.29 is 22.7 Å². The van der Waals surface area contributed by atoms with Crippen molar-refractivity contribution in [1.82, 2.24) is 5.32 Å². The Hall–Kier alpha value is -3.85. The first-order valence-corrected chi connectivity index (χ1v) is 11.3. The second kappa shape index (κ2) is 8.72. The van der Waals surface area contributed by atoms with Crippen molar-refractivity contribution in [3.63, 3.8) is 0 Å². The van der Waals surface area contributed by atoms with Gasteiger partial charge in [0.2, 0.25) is 5.91 Å². The molecule has 164 valence electrons. The standard InChI is InChI=1S/C23H21N3O5S/c1-31-19-11-7-10-18(14-19)26-23(28)25(20-12-5-6-13-21(20)32(26,29)30)16-22(27)24-15-17-8-3-2-4-9-17/h2-14H,15-16H2,1H3,(H,24,27). The molecule has 3 aromatic carbocycles. The van der Waals surface area contributed by atoms with Gasteiger partial charge in [-0.25, -0.2) is 13.2 Å². The molecule has 4 rings (SSSR count). The van der Waals surface area contributed by atoms with Crippen molar-refractivity contribution in [2.75, 3.05) is 22.9 Å². The minimum atomic E-state index is -4.18. The maximum atomic E-state index is 13.4. The summed E-state index contributed by atoms with van der Waals surface area (Å²) in [6.07, 6.45) is 0. The van der Waals surface area contributed by atoms with Gasteiger partial charge in [0, 0.05) is 12.6 Å². The number of benzene rings is 3. The van der Waals surface area contributed by atoms with E-state index in [1.54, 1.807) is 24.3 Å². The Balaban J connectivity index is 1.67. The molecule has 8 nitrogen and oxygen atoms in total. The fourth-order valence-electron chi connectivity index (χ4n) is 3.45. The summed E-state index contributed by atoms with van der Waals surface area (Å²) in [5, 5.41) is 2.77. The van der Waals surface area contributed by atoms with Gasteiger partial charge >= 0.3 is 6.03 Å². The summed E-state index contributed by atoms with van der Waals surface area (Å²) >= 11 is 0. The van der Waals surface area contributed by atoms with Gasteiger partial charge < -0.3 is 10.1 Å². The van der Waals surface area contributed by atoms with Crippen molar-refractivity contribution in [3.8, 4) is 5.75 Å². The maximum Gasteiger partial charge on any atom is 0.343 e. The highest BCUT2D eigenvalue weighted by atomic mass is 32.2. The van der Waals surface area contributed by atoms with Crippen LogP contribution in [-0.4, -0.2) is 34.0 Å². The summed E-state index contributed by atoms with van der Waals surface area (Å²) in [4.78, 5) is 27.1. The van der Waals surface area contributed by atoms with E-state index in [-0.39, 0.29) is 22.8 Å². The number of rotatable bonds is 6. The number of hydrogen-bond acceptors (Lipinski definition) is 5. The van der Waals surface area contributed by atoms with E-state index in [1.165, 1.54) is 31.4 Å². The third-order valence-electron chi connectivity index (χ3n) is 5.00. The number of amides is 3. The molecule has 1 aliphatic heterocycles. The van der Waals surface area contributed by atoms with Crippen LogP contribution in [-0.2, 0) is 21.4 Å². The number of fused-ring (bicyclic) bond motifs is 1. The van der Waals surface area contributed by atoms with E-state index in [2.05, 4.69) is 5.32 Å². The Bertz CT molecular complexity index is 1260. The number of para-hydroxylation sites is 1. The molecule has 1 aliphatic rings. The second-order valence-electron chi connectivity index (χ2n) is 7.07. The van der Waals surface area contributed by atoms with E-state index in [0.29, 0.717) is 16.6 Å². The molecular weight excluding hydrogens is 430 g/mol. The van der Waals surface area contributed by atoms with Gasteiger partial charge in [-0.1, -0.05) is 48.5 Å². The number of methoxy groups -OCH3 is 1. The van der Waals surface area contributed by atoms with Gasteiger partial charge in [0.05, 0.1) is 18.5 Å². The summed E-state index contributed by atoms with van der Waals surface area (Å²) < 4.78 is 32.5. The number of urea groups is 1. The van der Waals surface area contributed by atoms with Crippen molar-refractivity contribution in [3.05, 3.63) is 84.4 Å². The molecule has 0 unspecified atom stereocenters. The van der Waals surface area contributed by atoms with Gasteiger partial charge in [0.1, 0.15) is 17.2 Å². The van der Waals surface area contributed by atoms with Crippen LogP contribution in [0.1, 0.15) is 5.56 Å². The highest BCUT2D eigenvalue weighted by Gasteiger charge is 2.43. The predicted molar refractivity (Wildman–Crippen MR) is 120 cm³/mol. The second-order valence-corrected chi connectivity index (χ2v) is 8.82. The number of nitrogens with zero attached hydrogens (tertiary/aromatic N) is 2. The van der Waals surface area contributed by atoms with Crippen LogP contribution in [0, 0.1) is 0 Å². The van der Waals surface area contributed by atoms with Crippen molar-refractivity contribution in [1.29, 1.82) is 0 Å². The quantitative estimate of drug-likeness (QED) is 0.621. The number of anilines is 2. The number of carbonyl (C=O) groups excluding carboxylic acids is 2. The average molecular weight is 452 g/mol. The molecule has 32 heavy (non-hydrogen) atoms. The van der Waals surface area contributed by atoms with Gasteiger partial charge in [0.15, 0.2) is 0 Å². The van der Waals surface area contributed by atoms with Crippen LogP contribution in [0.5, 0.6) is 5.75 Å². The van der Waals surface area contributed by atoms with Crippen LogP contribution in [0.4, 0.5) is 16.2 Å². The molecule has 0 atom stereocenters. The number of sulfonamides is 1. The predicted octanol–water partition coefficient (Wildman–Crippen LogP) is 3.15. The Morgan fingerprint density at radius 3 is 2.44 bits per heavy atom. The molecule has 0 aromatic heterocycles. The lowest BCUT2D eigenvalue weighted by Gasteiger charge is -2.35. The monoisotopic (exact) mass is 451 g/mol. The Morgan fingerprint density at radius 2 is 1.69 bits per heavy atom. The van der Waals surface area contributed by atoms with Crippen molar-refractivity contribution >= 4 is 33.3 Å². The van der Waals surface area contributed by atoms with Crippen LogP contribution >= 0.6 is 0 Å². The Kier molecular flexibility index (Phi) is 5.83. The smallest absolute Gasteiger partial charge is 0.343 e. The largest absolute Gasteiger partial charge is 0.497 e. The minimum absolute atomic E-state index is 0.0571. The summed E-state index contributed by atoms with van der Waals surface area (Å²) in [6, 6.07) is 20.8. The number of hydrogen-bond donors (Lipinski definition) is 1. The molecule has 0 spiro atoms. The van der Waals surface area contributed by atoms with E-state index in [4.69, 9.17) is 4.74 Å². The molecule has 3 aromatic rings. The molecule has 1 heterocycles. The third kappa shape index (κ3) is 4.02. The molecule has 1 N–H and O–H groups in total. The number of carbonyl (C=O) groups is 2. The van der Waals surface area contributed by atoms with Crippen LogP contribution in [0.15, 0.2) is 83.8 Å². The molecule has 0 fully saturated rings. The van der Waals surface area contributed by atoms with Crippen LogP contribution in [0.2, 0.25) is 0 Å². The number of ether oxygens (including phenoxy) is 1. The summed E-state index contributed by atoms with van der Waals surface area (Å²) in [7, 11) is -2.73. The first kappa shape index (κ1) is 21.4. The molecule has 0 saturated heterocycles. The SMILES string of the molecule is COc1cccc(N2C(=O)N(CC(=O)NCc3ccccc3)c3ccccc3S2(=O)=O)c1. The first-order valence-electron chi connectivity index (χ1n) is 9.82. The lowest BCUT2D eigenvalue weighted by molar-refractivity contribution is -0.119. The van der Waals surface area contributed by atoms with Crippen molar-refractivity contribution in [2.45, 2.75) is 11.4 Å². The van der Waals surface area contributed by atoms with Gasteiger partial charge in [-0.15, -0.1) is 0 Å². The van der Waals surface area contributed by atoms with Gasteiger partial charge in [-0.05, 0) is 29.8 Å². The van der Waals surface area contributed by atoms with E-state index in [0.717, 1.165) is 10.5 Å². The highest BCUT2D eigenvalue weighted by Crippen LogP contribution is 2.37. The third-order valence-corrected chi connectivity index (χ3v) is 6.75. The van der Waals surface area contributed by atoms with Gasteiger partial charge in [-0.3, -0.25) is 9.69 Å². The molecule has 0 saturated carbocycles. The lowest BCUT2D eigenvalue weighted by atomic mass is 10.2. The van der Waals surface area contributed by atoms with E-state index in [1.807, 2.05) is 30.3 Å². The zero-order valence-electron chi connectivity index (χ0n) is 17.3. The first-order chi connectivity index (χ1) is 15.4. The molecule has 9 heteroatoms. The van der Waals surface area contributed by atoms with Crippen molar-refractivity contribution in [2.24, 2.45) is 0 Å². The van der Waals surface area contributed by atoms with Crippen LogP contribution in [0.3, 0.4) is 0 Å². The van der Waals surface area contributed by atoms with Crippen LogP contribution < -0.4 is 19.3 Å². The lowest BCUT2D eigenvalue weighted by Crippen LogP contribution is -2.53. The highest BCUT2D eigenvalue weighted by molar-refractivity contribution is 7.94. The fourth-order valence-corrected chi connectivity index (χ4v) is 5.03. The maximum absolute atomic E-state index is 13.4. The van der Waals surface area contributed by atoms with Crippen LogP contribution in [0.25, 0.3) is 0 Å². The number of nitrogens with one attached hydrogen (secondary N) is 1.